The summed E-state index contributed by atoms with van der Waals surface area (Å²) in [6.45, 7) is 4.05. The van der Waals surface area contributed by atoms with Crippen LogP contribution in [0.4, 0.5) is 0 Å². The minimum Gasteiger partial charge on any atom is -0.490 e. The summed E-state index contributed by atoms with van der Waals surface area (Å²) in [5.41, 5.74) is 0.474. The number of hydrogen-bond donors (Lipinski definition) is 1. The van der Waals surface area contributed by atoms with E-state index in [-0.39, 0.29) is 24.5 Å². The van der Waals surface area contributed by atoms with Crippen molar-refractivity contribution in [3.8, 4) is 5.75 Å². The van der Waals surface area contributed by atoms with E-state index in [0.717, 1.165) is 12.8 Å². The number of ether oxygens (including phenoxy) is 1. The smallest absolute Gasteiger partial charge is 0.323 e. The first-order valence-electron chi connectivity index (χ1n) is 8.23. The van der Waals surface area contributed by atoms with E-state index in [9.17, 15) is 9.59 Å². The summed E-state index contributed by atoms with van der Waals surface area (Å²) in [5, 5.41) is 9.02. The third kappa shape index (κ3) is 5.27. The quantitative estimate of drug-likeness (QED) is 0.838. The van der Waals surface area contributed by atoms with Crippen molar-refractivity contribution in [2.75, 3.05) is 13.1 Å². The summed E-state index contributed by atoms with van der Waals surface area (Å²) in [4.78, 5) is 25.0. The zero-order chi connectivity index (χ0) is 16.8. The van der Waals surface area contributed by atoms with Gasteiger partial charge in [0.15, 0.2) is 0 Å². The van der Waals surface area contributed by atoms with Gasteiger partial charge < -0.3 is 14.7 Å². The first-order valence-corrected chi connectivity index (χ1v) is 8.23. The number of aliphatic carboxylic acids is 1. The van der Waals surface area contributed by atoms with Crippen molar-refractivity contribution in [3.05, 3.63) is 29.8 Å². The molecule has 5 nitrogen and oxygen atoms in total. The van der Waals surface area contributed by atoms with Crippen molar-refractivity contribution >= 4 is 11.9 Å². The first-order chi connectivity index (χ1) is 11.0. The number of rotatable bonds is 7. The fraction of sp³-hybridized carbons (Fsp3) is 0.556. The van der Waals surface area contributed by atoms with Crippen LogP contribution >= 0.6 is 0 Å². The molecule has 1 aromatic rings. The van der Waals surface area contributed by atoms with Crippen LogP contribution in [0.3, 0.4) is 0 Å². The first kappa shape index (κ1) is 17.3. The molecule has 2 rings (SSSR count). The fourth-order valence-electron chi connectivity index (χ4n) is 2.91. The van der Waals surface area contributed by atoms with E-state index in [1.807, 2.05) is 19.9 Å². The normalized spacial score (nSPS) is 14.9. The van der Waals surface area contributed by atoms with Crippen LogP contribution in [-0.2, 0) is 4.79 Å². The van der Waals surface area contributed by atoms with Crippen LogP contribution in [0.2, 0.25) is 0 Å². The summed E-state index contributed by atoms with van der Waals surface area (Å²) in [5.74, 6) is -0.380. The molecule has 0 spiro atoms. The van der Waals surface area contributed by atoms with Crippen LogP contribution in [-0.4, -0.2) is 41.1 Å². The van der Waals surface area contributed by atoms with Crippen LogP contribution in [0.25, 0.3) is 0 Å². The molecule has 1 saturated carbocycles. The molecule has 5 heteroatoms. The Bertz CT molecular complexity index is 550. The van der Waals surface area contributed by atoms with Gasteiger partial charge in [-0.05, 0) is 49.8 Å². The Kier molecular flexibility index (Phi) is 6.02. The predicted molar refractivity (Wildman–Crippen MR) is 87.7 cm³/mol. The van der Waals surface area contributed by atoms with Crippen LogP contribution < -0.4 is 4.74 Å². The topological polar surface area (TPSA) is 66.8 Å². The lowest BCUT2D eigenvalue weighted by molar-refractivity contribution is -0.137. The summed E-state index contributed by atoms with van der Waals surface area (Å²) in [7, 11) is 0. The van der Waals surface area contributed by atoms with Crippen molar-refractivity contribution in [1.82, 2.24) is 4.90 Å². The highest BCUT2D eigenvalue weighted by molar-refractivity contribution is 5.96. The molecular formula is C18H25NO4. The van der Waals surface area contributed by atoms with Crippen molar-refractivity contribution < 1.29 is 19.4 Å². The molecule has 1 amide bonds. The van der Waals surface area contributed by atoms with Gasteiger partial charge >= 0.3 is 5.97 Å². The molecule has 0 aliphatic heterocycles. The van der Waals surface area contributed by atoms with Crippen molar-refractivity contribution in [2.45, 2.75) is 45.6 Å². The fourth-order valence-corrected chi connectivity index (χ4v) is 2.91. The average molecular weight is 319 g/mol. The van der Waals surface area contributed by atoms with Gasteiger partial charge in [-0.15, -0.1) is 0 Å². The van der Waals surface area contributed by atoms with E-state index in [0.29, 0.717) is 17.9 Å². The summed E-state index contributed by atoms with van der Waals surface area (Å²) < 4.78 is 5.92. The molecule has 1 N–H and O–H groups in total. The van der Waals surface area contributed by atoms with Gasteiger partial charge in [0.1, 0.15) is 12.3 Å². The molecule has 23 heavy (non-hydrogen) atoms. The van der Waals surface area contributed by atoms with Gasteiger partial charge in [-0.2, -0.15) is 0 Å². The molecule has 1 aliphatic rings. The third-order valence-electron chi connectivity index (χ3n) is 3.88. The monoisotopic (exact) mass is 319 g/mol. The van der Waals surface area contributed by atoms with Gasteiger partial charge in [-0.25, -0.2) is 0 Å². The Labute approximate surface area is 137 Å². The molecule has 0 saturated heterocycles. The van der Waals surface area contributed by atoms with Gasteiger partial charge in [0.25, 0.3) is 5.91 Å². The Morgan fingerprint density at radius 1 is 1.30 bits per heavy atom. The number of carboxylic acid groups (broad SMARTS) is 1. The van der Waals surface area contributed by atoms with Crippen molar-refractivity contribution in [2.24, 2.45) is 5.92 Å². The maximum absolute atomic E-state index is 12.6. The number of amides is 1. The number of nitrogens with zero attached hydrogens (tertiary/aromatic N) is 1. The highest BCUT2D eigenvalue weighted by Crippen LogP contribution is 2.25. The Morgan fingerprint density at radius 3 is 2.61 bits per heavy atom. The maximum atomic E-state index is 12.6. The Balaban J connectivity index is 2.10. The molecule has 0 unspecified atom stereocenters. The van der Waals surface area contributed by atoms with Gasteiger partial charge in [-0.1, -0.05) is 19.9 Å². The van der Waals surface area contributed by atoms with Gasteiger partial charge in [0.2, 0.25) is 0 Å². The van der Waals surface area contributed by atoms with Gasteiger partial charge in [-0.3, -0.25) is 9.59 Å². The lowest BCUT2D eigenvalue weighted by Gasteiger charge is -2.23. The molecule has 1 aliphatic carbocycles. The van der Waals surface area contributed by atoms with Crippen LogP contribution in [0.1, 0.15) is 49.9 Å². The lowest BCUT2D eigenvalue weighted by atomic mass is 10.1. The van der Waals surface area contributed by atoms with Crippen molar-refractivity contribution in [3.63, 3.8) is 0 Å². The van der Waals surface area contributed by atoms with E-state index in [1.54, 1.807) is 18.2 Å². The summed E-state index contributed by atoms with van der Waals surface area (Å²) >= 11 is 0. The van der Waals surface area contributed by atoms with Crippen LogP contribution in [0.15, 0.2) is 24.3 Å². The minimum absolute atomic E-state index is 0.205. The van der Waals surface area contributed by atoms with E-state index in [1.165, 1.54) is 17.7 Å². The molecule has 0 radical (unpaired) electrons. The van der Waals surface area contributed by atoms with Gasteiger partial charge in [0, 0.05) is 12.1 Å². The molecule has 0 heterocycles. The molecule has 0 aromatic heterocycles. The molecule has 1 fully saturated rings. The van der Waals surface area contributed by atoms with Gasteiger partial charge in [0.05, 0.1) is 6.10 Å². The zero-order valence-corrected chi connectivity index (χ0v) is 13.8. The largest absolute Gasteiger partial charge is 0.490 e. The van der Waals surface area contributed by atoms with E-state index in [2.05, 4.69) is 0 Å². The summed E-state index contributed by atoms with van der Waals surface area (Å²) in [6.07, 6.45) is 4.70. The van der Waals surface area contributed by atoms with Crippen LogP contribution in [0.5, 0.6) is 5.75 Å². The number of carbonyl (C=O) groups excluding carboxylic acids is 1. The minimum atomic E-state index is -1.00. The second-order valence-electron chi connectivity index (χ2n) is 6.53. The Morgan fingerprint density at radius 2 is 2.00 bits per heavy atom. The molecular weight excluding hydrogens is 294 g/mol. The SMILES string of the molecule is CC(C)CN(CC(=O)O)C(=O)c1cccc(OC2CCCC2)c1. The third-order valence-corrected chi connectivity index (χ3v) is 3.88. The van der Waals surface area contributed by atoms with Crippen molar-refractivity contribution in [1.29, 1.82) is 0 Å². The van der Waals surface area contributed by atoms with E-state index >= 15 is 0 Å². The average Bonchev–Trinajstić information content (AvgIpc) is 2.98. The highest BCUT2D eigenvalue weighted by atomic mass is 16.5. The number of hydrogen-bond acceptors (Lipinski definition) is 3. The zero-order valence-electron chi connectivity index (χ0n) is 13.8. The number of carbonyl (C=O) groups is 2. The predicted octanol–water partition coefficient (Wildman–Crippen LogP) is 3.19. The summed E-state index contributed by atoms with van der Waals surface area (Å²) in [6, 6.07) is 7.06. The second-order valence-corrected chi connectivity index (χ2v) is 6.53. The molecule has 0 atom stereocenters. The van der Waals surface area contributed by atoms with Crippen LogP contribution in [0, 0.1) is 5.92 Å². The molecule has 126 valence electrons. The molecule has 0 bridgehead atoms. The number of carboxylic acids is 1. The number of benzene rings is 1. The van der Waals surface area contributed by atoms with E-state index < -0.39 is 5.97 Å². The standard InChI is InChI=1S/C18H25NO4/c1-13(2)11-19(12-17(20)21)18(22)14-6-5-9-16(10-14)23-15-7-3-4-8-15/h5-6,9-10,13,15H,3-4,7-8,11-12H2,1-2H3,(H,20,21). The highest BCUT2D eigenvalue weighted by Gasteiger charge is 2.21. The lowest BCUT2D eigenvalue weighted by Crippen LogP contribution is -2.38. The second kappa shape index (κ2) is 7.99. The molecule has 1 aromatic carbocycles. The maximum Gasteiger partial charge on any atom is 0.323 e. The Hall–Kier alpha value is -2.04. The van der Waals surface area contributed by atoms with E-state index in [4.69, 9.17) is 9.84 Å².